The van der Waals surface area contributed by atoms with Crippen LogP contribution < -0.4 is 16.0 Å². The molecule has 1 aliphatic heterocycles. The van der Waals surface area contributed by atoms with Gasteiger partial charge in [0.1, 0.15) is 6.04 Å². The Balaban J connectivity index is 2.43. The summed E-state index contributed by atoms with van der Waals surface area (Å²) in [6, 6.07) is 0.985. The molecule has 7 nitrogen and oxygen atoms in total. The van der Waals surface area contributed by atoms with Crippen LogP contribution in [0.2, 0.25) is 0 Å². The number of aromatic carboxylic acids is 1. The lowest BCUT2D eigenvalue weighted by Crippen LogP contribution is -2.55. The molecule has 1 aromatic rings. The molecule has 0 aliphatic carbocycles. The zero-order chi connectivity index (χ0) is 14.0. The van der Waals surface area contributed by atoms with Gasteiger partial charge in [0.25, 0.3) is 0 Å². The monoisotopic (exact) mass is 264 g/mol. The number of pyridine rings is 1. The molecular formula is C12H16N4O3. The Kier molecular flexibility index (Phi) is 3.55. The van der Waals surface area contributed by atoms with Gasteiger partial charge < -0.3 is 21.1 Å². The zero-order valence-electron chi connectivity index (χ0n) is 10.6. The second kappa shape index (κ2) is 5.13. The lowest BCUT2D eigenvalue weighted by molar-refractivity contribution is -0.123. The van der Waals surface area contributed by atoms with Crippen molar-refractivity contribution in [2.75, 3.05) is 23.7 Å². The van der Waals surface area contributed by atoms with Gasteiger partial charge in [-0.05, 0) is 12.5 Å². The Labute approximate surface area is 110 Å². The van der Waals surface area contributed by atoms with Gasteiger partial charge in [0.15, 0.2) is 5.82 Å². The Bertz CT molecular complexity index is 518. The molecule has 2 rings (SSSR count). The largest absolute Gasteiger partial charge is 0.478 e. The zero-order valence-corrected chi connectivity index (χ0v) is 10.6. The molecule has 0 aromatic carbocycles. The highest BCUT2D eigenvalue weighted by atomic mass is 16.4. The Hall–Kier alpha value is -2.31. The molecule has 0 radical (unpaired) electrons. The van der Waals surface area contributed by atoms with E-state index in [-0.39, 0.29) is 23.2 Å². The molecular weight excluding hydrogens is 248 g/mol. The van der Waals surface area contributed by atoms with Crippen molar-refractivity contribution in [1.82, 2.24) is 10.3 Å². The molecule has 1 fully saturated rings. The van der Waals surface area contributed by atoms with E-state index in [1.165, 1.54) is 12.3 Å². The topological polar surface area (TPSA) is 109 Å². The second-order valence-corrected chi connectivity index (χ2v) is 4.31. The van der Waals surface area contributed by atoms with Crippen molar-refractivity contribution in [2.24, 2.45) is 0 Å². The Morgan fingerprint density at radius 2 is 2.42 bits per heavy atom. The number of aromatic nitrogens is 1. The molecule has 1 atom stereocenters. The normalized spacial score (nSPS) is 19.1. The first kappa shape index (κ1) is 13.1. The predicted octanol–water partition coefficient (Wildman–Crippen LogP) is 0.0768. The summed E-state index contributed by atoms with van der Waals surface area (Å²) in [4.78, 5) is 28.8. The molecule has 7 heteroatoms. The van der Waals surface area contributed by atoms with Crippen LogP contribution in [0.3, 0.4) is 0 Å². The lowest BCUT2D eigenvalue weighted by atomic mass is 10.1. The number of anilines is 2. The molecule has 1 unspecified atom stereocenters. The minimum absolute atomic E-state index is 0.00540. The number of piperazine rings is 1. The highest BCUT2D eigenvalue weighted by Gasteiger charge is 2.31. The number of nitrogens with two attached hydrogens (primary N) is 1. The first-order chi connectivity index (χ1) is 9.06. The number of nitrogen functional groups attached to an aromatic ring is 1. The summed E-state index contributed by atoms with van der Waals surface area (Å²) < 4.78 is 0. The van der Waals surface area contributed by atoms with Gasteiger partial charge >= 0.3 is 5.97 Å². The first-order valence-corrected chi connectivity index (χ1v) is 6.08. The van der Waals surface area contributed by atoms with Gasteiger partial charge in [0.2, 0.25) is 5.91 Å². The van der Waals surface area contributed by atoms with Crippen LogP contribution in [0.4, 0.5) is 11.5 Å². The fourth-order valence-corrected chi connectivity index (χ4v) is 2.25. The van der Waals surface area contributed by atoms with Crippen LogP contribution in [-0.4, -0.2) is 41.1 Å². The van der Waals surface area contributed by atoms with Crippen LogP contribution in [0.15, 0.2) is 12.3 Å². The van der Waals surface area contributed by atoms with E-state index in [1.54, 1.807) is 4.90 Å². The summed E-state index contributed by atoms with van der Waals surface area (Å²) in [7, 11) is 0. The summed E-state index contributed by atoms with van der Waals surface area (Å²) in [5.74, 6) is -0.826. The van der Waals surface area contributed by atoms with Gasteiger partial charge in [-0.3, -0.25) is 4.79 Å². The fourth-order valence-electron chi connectivity index (χ4n) is 2.25. The third-order valence-corrected chi connectivity index (χ3v) is 3.19. The summed E-state index contributed by atoms with van der Waals surface area (Å²) in [6.45, 7) is 2.94. The van der Waals surface area contributed by atoms with Crippen molar-refractivity contribution in [1.29, 1.82) is 0 Å². The van der Waals surface area contributed by atoms with E-state index in [9.17, 15) is 9.59 Å². The average molecular weight is 264 g/mol. The van der Waals surface area contributed by atoms with E-state index in [0.29, 0.717) is 25.3 Å². The molecule has 1 aromatic heterocycles. The number of carboxylic acids is 1. The number of nitrogens with one attached hydrogen (secondary N) is 1. The smallest absolute Gasteiger partial charge is 0.337 e. The van der Waals surface area contributed by atoms with Crippen LogP contribution in [0.1, 0.15) is 23.7 Å². The van der Waals surface area contributed by atoms with Crippen molar-refractivity contribution in [3.05, 3.63) is 17.8 Å². The number of carboxylic acid groups (broad SMARTS) is 1. The number of hydrogen-bond acceptors (Lipinski definition) is 5. The minimum atomic E-state index is -1.10. The summed E-state index contributed by atoms with van der Waals surface area (Å²) in [5.41, 5.74) is 5.97. The molecule has 0 spiro atoms. The number of amides is 1. The average Bonchev–Trinajstić information content (AvgIpc) is 2.38. The van der Waals surface area contributed by atoms with E-state index < -0.39 is 5.97 Å². The molecule has 0 bridgehead atoms. The third kappa shape index (κ3) is 2.31. The molecule has 102 valence electrons. The maximum Gasteiger partial charge on any atom is 0.337 e. The van der Waals surface area contributed by atoms with Crippen molar-refractivity contribution >= 4 is 23.4 Å². The number of carbonyl (C=O) groups excluding carboxylic acids is 1. The number of carbonyl (C=O) groups is 2. The number of rotatable bonds is 3. The number of hydrogen-bond donors (Lipinski definition) is 3. The van der Waals surface area contributed by atoms with Gasteiger partial charge in [0, 0.05) is 19.3 Å². The van der Waals surface area contributed by atoms with Crippen molar-refractivity contribution in [2.45, 2.75) is 19.4 Å². The second-order valence-electron chi connectivity index (χ2n) is 4.31. The molecule has 0 saturated carbocycles. The molecule has 19 heavy (non-hydrogen) atoms. The minimum Gasteiger partial charge on any atom is -0.478 e. The van der Waals surface area contributed by atoms with Crippen LogP contribution in [0.5, 0.6) is 0 Å². The van der Waals surface area contributed by atoms with Crippen LogP contribution in [0, 0.1) is 0 Å². The van der Waals surface area contributed by atoms with E-state index in [0.717, 1.165) is 0 Å². The van der Waals surface area contributed by atoms with E-state index in [1.807, 2.05) is 6.92 Å². The molecule has 1 saturated heterocycles. The molecule has 1 aliphatic rings. The molecule has 1 amide bonds. The van der Waals surface area contributed by atoms with Crippen molar-refractivity contribution in [3.8, 4) is 0 Å². The summed E-state index contributed by atoms with van der Waals surface area (Å²) in [6.07, 6.45) is 2.00. The Morgan fingerprint density at radius 1 is 1.68 bits per heavy atom. The molecule has 2 heterocycles. The third-order valence-electron chi connectivity index (χ3n) is 3.19. The molecule has 4 N–H and O–H groups in total. The summed E-state index contributed by atoms with van der Waals surface area (Å²) in [5, 5.41) is 11.8. The maximum atomic E-state index is 11.8. The fraction of sp³-hybridized carbons (Fsp3) is 0.417. The van der Waals surface area contributed by atoms with E-state index >= 15 is 0 Å². The van der Waals surface area contributed by atoms with Gasteiger partial charge in [-0.25, -0.2) is 9.78 Å². The van der Waals surface area contributed by atoms with E-state index in [2.05, 4.69) is 10.3 Å². The van der Waals surface area contributed by atoms with Gasteiger partial charge in [0.05, 0.1) is 11.3 Å². The van der Waals surface area contributed by atoms with Crippen LogP contribution in [-0.2, 0) is 4.79 Å². The maximum absolute atomic E-state index is 11.8. The standard InChI is InChI=1S/C12H16N4O3/c1-2-8-11(17)15-5-6-16(8)10-9(13)7(12(18)19)3-4-14-10/h3-4,8H,2,5-6,13H2,1H3,(H,15,17)(H,18,19). The lowest BCUT2D eigenvalue weighted by Gasteiger charge is -2.36. The quantitative estimate of drug-likeness (QED) is 0.713. The van der Waals surface area contributed by atoms with Gasteiger partial charge in [-0.2, -0.15) is 0 Å². The van der Waals surface area contributed by atoms with Gasteiger partial charge in [-0.1, -0.05) is 6.92 Å². The number of nitrogens with zero attached hydrogens (tertiary/aromatic N) is 2. The Morgan fingerprint density at radius 3 is 3.05 bits per heavy atom. The van der Waals surface area contributed by atoms with Crippen molar-refractivity contribution in [3.63, 3.8) is 0 Å². The van der Waals surface area contributed by atoms with Crippen molar-refractivity contribution < 1.29 is 14.7 Å². The van der Waals surface area contributed by atoms with Crippen LogP contribution >= 0.6 is 0 Å². The SMILES string of the molecule is CCC1C(=O)NCCN1c1nccc(C(=O)O)c1N. The van der Waals surface area contributed by atoms with E-state index in [4.69, 9.17) is 10.8 Å². The van der Waals surface area contributed by atoms with Crippen LogP contribution in [0.25, 0.3) is 0 Å². The predicted molar refractivity (Wildman–Crippen MR) is 70.0 cm³/mol. The highest BCUT2D eigenvalue weighted by Crippen LogP contribution is 2.27. The first-order valence-electron chi connectivity index (χ1n) is 6.08. The van der Waals surface area contributed by atoms with Gasteiger partial charge in [-0.15, -0.1) is 0 Å². The highest BCUT2D eigenvalue weighted by molar-refractivity contribution is 5.97. The summed E-state index contributed by atoms with van der Waals surface area (Å²) >= 11 is 0.